The van der Waals surface area contributed by atoms with E-state index in [1.54, 1.807) is 6.08 Å². The maximum absolute atomic E-state index is 11.1. The molecule has 0 aromatic heterocycles. The van der Waals surface area contributed by atoms with Crippen LogP contribution in [0.25, 0.3) is 0 Å². The van der Waals surface area contributed by atoms with Crippen molar-refractivity contribution in [2.24, 2.45) is 0 Å². The van der Waals surface area contributed by atoms with E-state index in [1.165, 1.54) is 0 Å². The molecule has 1 amide bonds. The summed E-state index contributed by atoms with van der Waals surface area (Å²) in [5, 5.41) is 2.68. The van der Waals surface area contributed by atoms with Crippen LogP contribution in [0, 0.1) is 0 Å². The molecular formula is C13H15NO3. The zero-order chi connectivity index (χ0) is 12.1. The molecule has 1 saturated heterocycles. The van der Waals surface area contributed by atoms with Crippen molar-refractivity contribution in [2.75, 3.05) is 0 Å². The van der Waals surface area contributed by atoms with Gasteiger partial charge in [0.25, 0.3) is 0 Å². The molecule has 1 aliphatic heterocycles. The Bertz CT molecular complexity index is 391. The topological polar surface area (TPSA) is 47.6 Å². The van der Waals surface area contributed by atoms with Crippen LogP contribution in [0.5, 0.6) is 0 Å². The van der Waals surface area contributed by atoms with E-state index in [4.69, 9.17) is 9.47 Å². The molecule has 0 saturated carbocycles. The molecule has 1 N–H and O–H groups in total. The minimum atomic E-state index is -0.541. The largest absolute Gasteiger partial charge is 0.417 e. The van der Waals surface area contributed by atoms with Gasteiger partial charge in [-0.2, -0.15) is 0 Å². The van der Waals surface area contributed by atoms with Crippen molar-refractivity contribution in [1.82, 2.24) is 5.32 Å². The summed E-state index contributed by atoms with van der Waals surface area (Å²) in [5.41, 5.74) is 1.05. The Hall–Kier alpha value is -1.81. The van der Waals surface area contributed by atoms with E-state index in [-0.39, 0.29) is 6.04 Å². The average Bonchev–Trinajstić information content (AvgIpc) is 2.69. The van der Waals surface area contributed by atoms with E-state index in [2.05, 4.69) is 11.9 Å². The second-order valence-electron chi connectivity index (χ2n) is 3.85. The first kappa shape index (κ1) is 11.7. The van der Waals surface area contributed by atoms with E-state index < -0.39 is 12.4 Å². The minimum absolute atomic E-state index is 0.149. The maximum atomic E-state index is 11.1. The first-order valence-corrected chi connectivity index (χ1v) is 5.53. The quantitative estimate of drug-likeness (QED) is 0.793. The van der Waals surface area contributed by atoms with Gasteiger partial charge in [0, 0.05) is 0 Å². The van der Waals surface area contributed by atoms with Crippen LogP contribution in [0.3, 0.4) is 0 Å². The lowest BCUT2D eigenvalue weighted by Crippen LogP contribution is -2.32. The van der Waals surface area contributed by atoms with Crippen molar-refractivity contribution < 1.29 is 14.3 Å². The third-order valence-electron chi connectivity index (χ3n) is 2.53. The first-order chi connectivity index (χ1) is 8.29. The molecule has 1 aromatic carbocycles. The fourth-order valence-electron chi connectivity index (χ4n) is 1.69. The van der Waals surface area contributed by atoms with Crippen molar-refractivity contribution in [3.8, 4) is 0 Å². The fraction of sp³-hybridized carbons (Fsp3) is 0.308. The van der Waals surface area contributed by atoms with Crippen molar-refractivity contribution in [2.45, 2.75) is 25.4 Å². The standard InChI is InChI=1S/C13H15NO3/c1-2-6-11-12(17-13(15)14-11)16-9-10-7-4-3-5-8-10/h2-5,7-8,11-12H,1,6,9H2,(H,14,15)/t11-,12+/m0/s1. The number of rotatable bonds is 5. The molecule has 0 unspecified atom stereocenters. The Morgan fingerprint density at radius 1 is 1.41 bits per heavy atom. The maximum Gasteiger partial charge on any atom is 0.409 e. The molecule has 17 heavy (non-hydrogen) atoms. The fourth-order valence-corrected chi connectivity index (χ4v) is 1.69. The summed E-state index contributed by atoms with van der Waals surface area (Å²) >= 11 is 0. The third-order valence-corrected chi connectivity index (χ3v) is 2.53. The van der Waals surface area contributed by atoms with Crippen LogP contribution >= 0.6 is 0 Å². The second kappa shape index (κ2) is 5.50. The Labute approximate surface area is 100 Å². The van der Waals surface area contributed by atoms with Crippen molar-refractivity contribution in [3.05, 3.63) is 48.6 Å². The number of benzene rings is 1. The predicted molar refractivity (Wildman–Crippen MR) is 63.2 cm³/mol. The number of carbonyl (C=O) groups excluding carboxylic acids is 1. The van der Waals surface area contributed by atoms with Crippen molar-refractivity contribution in [3.63, 3.8) is 0 Å². The highest BCUT2D eigenvalue weighted by atomic mass is 16.7. The molecule has 90 valence electrons. The van der Waals surface area contributed by atoms with E-state index in [1.807, 2.05) is 30.3 Å². The Morgan fingerprint density at radius 2 is 2.18 bits per heavy atom. The highest BCUT2D eigenvalue weighted by molar-refractivity contribution is 5.69. The van der Waals surface area contributed by atoms with Crippen LogP contribution in [0.15, 0.2) is 43.0 Å². The number of carbonyl (C=O) groups is 1. The molecule has 0 radical (unpaired) electrons. The lowest BCUT2D eigenvalue weighted by molar-refractivity contribution is -0.100. The molecule has 1 fully saturated rings. The van der Waals surface area contributed by atoms with Crippen LogP contribution in [0.2, 0.25) is 0 Å². The van der Waals surface area contributed by atoms with Crippen LogP contribution < -0.4 is 5.32 Å². The summed E-state index contributed by atoms with van der Waals surface area (Å²) in [5.74, 6) is 0. The van der Waals surface area contributed by atoms with Gasteiger partial charge < -0.3 is 14.8 Å². The van der Waals surface area contributed by atoms with Crippen LogP contribution in [0.4, 0.5) is 4.79 Å². The highest BCUT2D eigenvalue weighted by Gasteiger charge is 2.33. The van der Waals surface area contributed by atoms with Crippen molar-refractivity contribution in [1.29, 1.82) is 0 Å². The number of ether oxygens (including phenoxy) is 2. The zero-order valence-corrected chi connectivity index (χ0v) is 9.46. The summed E-state index contributed by atoms with van der Waals surface area (Å²) < 4.78 is 10.6. The van der Waals surface area contributed by atoms with Gasteiger partial charge in [-0.3, -0.25) is 0 Å². The van der Waals surface area contributed by atoms with Crippen molar-refractivity contribution >= 4 is 6.09 Å². The summed E-state index contributed by atoms with van der Waals surface area (Å²) in [7, 11) is 0. The Morgan fingerprint density at radius 3 is 2.88 bits per heavy atom. The molecular weight excluding hydrogens is 218 g/mol. The van der Waals surface area contributed by atoms with Gasteiger partial charge >= 0.3 is 6.09 Å². The summed E-state index contributed by atoms with van der Waals surface area (Å²) in [6.45, 7) is 4.06. The van der Waals surface area contributed by atoms with E-state index in [0.717, 1.165) is 5.56 Å². The number of hydrogen-bond donors (Lipinski definition) is 1. The normalized spacial score (nSPS) is 22.9. The molecule has 0 bridgehead atoms. The SMILES string of the molecule is C=CC[C@@H]1NC(=O)O[C@H]1OCc1ccccc1. The lowest BCUT2D eigenvalue weighted by Gasteiger charge is -2.15. The van der Waals surface area contributed by atoms with Gasteiger partial charge in [0.1, 0.15) is 0 Å². The molecule has 0 spiro atoms. The highest BCUT2D eigenvalue weighted by Crippen LogP contribution is 2.15. The van der Waals surface area contributed by atoms with E-state index >= 15 is 0 Å². The molecule has 2 rings (SSSR count). The Kier molecular flexibility index (Phi) is 3.77. The molecule has 0 aliphatic carbocycles. The van der Waals surface area contributed by atoms with Gasteiger partial charge in [-0.25, -0.2) is 4.79 Å². The van der Waals surface area contributed by atoms with Crippen LogP contribution in [-0.4, -0.2) is 18.4 Å². The predicted octanol–water partition coefficient (Wildman–Crippen LogP) is 2.21. The molecule has 2 atom stereocenters. The number of cyclic esters (lactones) is 1. The van der Waals surface area contributed by atoms with Gasteiger partial charge in [-0.15, -0.1) is 6.58 Å². The molecule has 1 aromatic rings. The monoisotopic (exact) mass is 233 g/mol. The van der Waals surface area contributed by atoms with Gasteiger partial charge in [0.2, 0.25) is 6.29 Å². The smallest absolute Gasteiger partial charge is 0.409 e. The average molecular weight is 233 g/mol. The minimum Gasteiger partial charge on any atom is -0.417 e. The number of hydrogen-bond acceptors (Lipinski definition) is 3. The van der Waals surface area contributed by atoms with Gasteiger partial charge in [-0.05, 0) is 12.0 Å². The second-order valence-corrected chi connectivity index (χ2v) is 3.85. The molecule has 1 heterocycles. The van der Waals surface area contributed by atoms with Crippen LogP contribution in [0.1, 0.15) is 12.0 Å². The first-order valence-electron chi connectivity index (χ1n) is 5.53. The third kappa shape index (κ3) is 3.07. The number of nitrogens with one attached hydrogen (secondary N) is 1. The number of amides is 1. The molecule has 4 nitrogen and oxygen atoms in total. The van der Waals surface area contributed by atoms with Gasteiger partial charge in [0.15, 0.2) is 0 Å². The van der Waals surface area contributed by atoms with Gasteiger partial charge in [-0.1, -0.05) is 36.4 Å². The van der Waals surface area contributed by atoms with E-state index in [0.29, 0.717) is 13.0 Å². The van der Waals surface area contributed by atoms with E-state index in [9.17, 15) is 4.79 Å². The number of alkyl carbamates (subject to hydrolysis) is 1. The molecule has 4 heteroatoms. The van der Waals surface area contributed by atoms with Crippen LogP contribution in [-0.2, 0) is 16.1 Å². The summed E-state index contributed by atoms with van der Waals surface area (Å²) in [6.07, 6.45) is 1.39. The lowest BCUT2D eigenvalue weighted by atomic mass is 10.2. The zero-order valence-electron chi connectivity index (χ0n) is 9.46. The molecule has 1 aliphatic rings. The Balaban J connectivity index is 1.89. The van der Waals surface area contributed by atoms with Gasteiger partial charge in [0.05, 0.1) is 12.6 Å². The summed E-state index contributed by atoms with van der Waals surface area (Å²) in [4.78, 5) is 11.1. The summed E-state index contributed by atoms with van der Waals surface area (Å²) in [6, 6.07) is 9.61.